The molecule has 6 heteroatoms. The van der Waals surface area contributed by atoms with E-state index in [9.17, 15) is 9.90 Å². The smallest absolute Gasteiger partial charge is 0.257 e. The van der Waals surface area contributed by atoms with Crippen LogP contribution in [0.5, 0.6) is 5.75 Å². The summed E-state index contributed by atoms with van der Waals surface area (Å²) in [4.78, 5) is 18.6. The third-order valence-corrected chi connectivity index (χ3v) is 3.82. The van der Waals surface area contributed by atoms with Crippen LogP contribution in [-0.4, -0.2) is 21.4 Å². The topological polar surface area (TPSA) is 63.1 Å². The molecule has 0 aliphatic rings. The van der Waals surface area contributed by atoms with Gasteiger partial charge in [-0.25, -0.2) is 4.98 Å². The Labute approximate surface area is 104 Å². The van der Waals surface area contributed by atoms with Crippen molar-refractivity contribution in [2.75, 3.05) is 0 Å². The van der Waals surface area contributed by atoms with Gasteiger partial charge in [0.1, 0.15) is 5.15 Å². The van der Waals surface area contributed by atoms with Gasteiger partial charge in [-0.3, -0.25) is 9.78 Å². The number of aromatic nitrogens is 2. The highest BCUT2D eigenvalue weighted by molar-refractivity contribution is 7.26. The van der Waals surface area contributed by atoms with Crippen LogP contribution >= 0.6 is 22.9 Å². The SMILES string of the molecule is O=[C]c1nc(Cl)c2c(sc3cccnc32)c1O. The zero-order valence-electron chi connectivity index (χ0n) is 8.27. The maximum absolute atomic E-state index is 10.6. The molecular formula is C11H4ClN2O2S. The van der Waals surface area contributed by atoms with Gasteiger partial charge in [0.25, 0.3) is 6.29 Å². The third-order valence-electron chi connectivity index (χ3n) is 2.40. The van der Waals surface area contributed by atoms with Crippen LogP contribution in [0.25, 0.3) is 20.3 Å². The molecule has 0 aromatic carbocycles. The van der Waals surface area contributed by atoms with Crippen molar-refractivity contribution in [1.29, 1.82) is 0 Å². The standard InChI is InChI=1S/C11H4ClN2O2S/c12-11-7-8-6(2-1-3-13-8)17-10(7)9(16)5(4-15)14-11/h1-3,16H. The van der Waals surface area contributed by atoms with Gasteiger partial charge in [-0.15, -0.1) is 11.3 Å². The lowest BCUT2D eigenvalue weighted by Gasteiger charge is -1.99. The van der Waals surface area contributed by atoms with Crippen molar-refractivity contribution < 1.29 is 9.90 Å². The maximum Gasteiger partial charge on any atom is 0.257 e. The fourth-order valence-electron chi connectivity index (χ4n) is 1.67. The quantitative estimate of drug-likeness (QED) is 0.686. The van der Waals surface area contributed by atoms with Crippen molar-refractivity contribution in [3.63, 3.8) is 0 Å². The number of pyridine rings is 2. The number of hydrogen-bond donors (Lipinski definition) is 1. The average Bonchev–Trinajstić information content (AvgIpc) is 2.73. The van der Waals surface area contributed by atoms with Crippen LogP contribution in [-0.2, 0) is 4.79 Å². The highest BCUT2D eigenvalue weighted by Gasteiger charge is 2.17. The zero-order chi connectivity index (χ0) is 12.0. The Morgan fingerprint density at radius 1 is 1.47 bits per heavy atom. The average molecular weight is 264 g/mol. The van der Waals surface area contributed by atoms with E-state index in [2.05, 4.69) is 9.97 Å². The summed E-state index contributed by atoms with van der Waals surface area (Å²) in [7, 11) is 0. The first-order chi connectivity index (χ1) is 8.22. The molecule has 1 radical (unpaired) electrons. The molecule has 3 aromatic rings. The minimum atomic E-state index is -0.192. The van der Waals surface area contributed by atoms with Crippen molar-refractivity contribution >= 4 is 49.5 Å². The van der Waals surface area contributed by atoms with Gasteiger partial charge in [0.2, 0.25) is 0 Å². The molecule has 0 saturated carbocycles. The molecule has 3 heterocycles. The minimum Gasteiger partial charge on any atom is -0.504 e. The normalized spacial score (nSPS) is 11.1. The van der Waals surface area contributed by atoms with Gasteiger partial charge >= 0.3 is 0 Å². The van der Waals surface area contributed by atoms with E-state index < -0.39 is 0 Å². The molecule has 0 unspecified atom stereocenters. The fraction of sp³-hybridized carbons (Fsp3) is 0. The van der Waals surface area contributed by atoms with E-state index >= 15 is 0 Å². The summed E-state index contributed by atoms with van der Waals surface area (Å²) >= 11 is 7.31. The number of fused-ring (bicyclic) bond motifs is 3. The van der Waals surface area contributed by atoms with Crippen molar-refractivity contribution in [1.82, 2.24) is 9.97 Å². The molecule has 3 rings (SSSR count). The second-order valence-electron chi connectivity index (χ2n) is 3.36. The largest absolute Gasteiger partial charge is 0.504 e. The van der Waals surface area contributed by atoms with Crippen LogP contribution in [0.15, 0.2) is 18.3 Å². The van der Waals surface area contributed by atoms with Crippen LogP contribution in [0.3, 0.4) is 0 Å². The van der Waals surface area contributed by atoms with Gasteiger partial charge in [0.15, 0.2) is 11.4 Å². The molecule has 0 spiro atoms. The Bertz CT molecular complexity index is 754. The second kappa shape index (κ2) is 3.65. The van der Waals surface area contributed by atoms with Gasteiger partial charge in [-0.05, 0) is 12.1 Å². The molecule has 17 heavy (non-hydrogen) atoms. The molecule has 0 fully saturated rings. The number of hydrogen-bond acceptors (Lipinski definition) is 5. The van der Waals surface area contributed by atoms with Gasteiger partial charge in [-0.2, -0.15) is 0 Å². The molecule has 0 aliphatic carbocycles. The number of halogens is 1. The number of aromatic hydroxyl groups is 1. The van der Waals surface area contributed by atoms with Crippen molar-refractivity contribution in [2.24, 2.45) is 0 Å². The van der Waals surface area contributed by atoms with E-state index in [1.54, 1.807) is 18.5 Å². The summed E-state index contributed by atoms with van der Waals surface area (Å²) in [6.45, 7) is 0. The Kier molecular flexibility index (Phi) is 2.24. The minimum absolute atomic E-state index is 0.154. The maximum atomic E-state index is 10.6. The van der Waals surface area contributed by atoms with Crippen molar-refractivity contribution in [3.8, 4) is 5.75 Å². The Hall–Kier alpha value is -1.72. The molecule has 1 N–H and O–H groups in total. The Balaban J connectivity index is 2.60. The van der Waals surface area contributed by atoms with E-state index in [0.29, 0.717) is 15.6 Å². The monoisotopic (exact) mass is 263 g/mol. The number of rotatable bonds is 1. The third kappa shape index (κ3) is 1.40. The first-order valence-electron chi connectivity index (χ1n) is 4.66. The number of thiophene rings is 1. The van der Waals surface area contributed by atoms with Crippen LogP contribution in [0.2, 0.25) is 5.15 Å². The fourth-order valence-corrected chi connectivity index (χ4v) is 3.10. The zero-order valence-corrected chi connectivity index (χ0v) is 9.84. The molecule has 4 nitrogen and oxygen atoms in total. The summed E-state index contributed by atoms with van der Waals surface area (Å²) < 4.78 is 1.39. The molecule has 0 atom stereocenters. The number of carbonyl (C=O) groups excluding carboxylic acids is 1. The summed E-state index contributed by atoms with van der Waals surface area (Å²) in [5.74, 6) is -0.192. The molecule has 0 amide bonds. The number of nitrogens with zero attached hydrogens (tertiary/aromatic N) is 2. The van der Waals surface area contributed by atoms with Gasteiger partial charge in [0.05, 0.1) is 20.3 Å². The van der Waals surface area contributed by atoms with E-state index in [-0.39, 0.29) is 16.6 Å². The Morgan fingerprint density at radius 2 is 2.29 bits per heavy atom. The summed E-state index contributed by atoms with van der Waals surface area (Å²) in [6.07, 6.45) is 3.20. The molecule has 0 bridgehead atoms. The van der Waals surface area contributed by atoms with E-state index in [1.165, 1.54) is 11.3 Å². The summed E-state index contributed by atoms with van der Waals surface area (Å²) in [6, 6.07) is 3.66. The highest BCUT2D eigenvalue weighted by atomic mass is 35.5. The lowest BCUT2D eigenvalue weighted by molar-refractivity contribution is 0.476. The van der Waals surface area contributed by atoms with Gasteiger partial charge in [0, 0.05) is 6.20 Å². The first-order valence-corrected chi connectivity index (χ1v) is 5.85. The predicted octanol–water partition coefficient (Wildman–Crippen LogP) is 2.66. The lowest BCUT2D eigenvalue weighted by Crippen LogP contribution is -1.89. The van der Waals surface area contributed by atoms with E-state index in [1.807, 2.05) is 6.07 Å². The van der Waals surface area contributed by atoms with Crippen molar-refractivity contribution in [2.45, 2.75) is 0 Å². The Morgan fingerprint density at radius 3 is 3.06 bits per heavy atom. The summed E-state index contributed by atoms with van der Waals surface area (Å²) in [5.41, 5.74) is 0.506. The highest BCUT2D eigenvalue weighted by Crippen LogP contribution is 2.41. The lowest BCUT2D eigenvalue weighted by atomic mass is 10.2. The van der Waals surface area contributed by atoms with Gasteiger partial charge < -0.3 is 5.11 Å². The molecule has 83 valence electrons. The van der Waals surface area contributed by atoms with Crippen LogP contribution in [0.4, 0.5) is 0 Å². The van der Waals surface area contributed by atoms with Gasteiger partial charge in [-0.1, -0.05) is 11.6 Å². The van der Waals surface area contributed by atoms with Crippen molar-refractivity contribution in [3.05, 3.63) is 29.2 Å². The second-order valence-corrected chi connectivity index (χ2v) is 4.77. The molecular weight excluding hydrogens is 260 g/mol. The molecule has 0 aliphatic heterocycles. The van der Waals surface area contributed by atoms with Crippen LogP contribution in [0, 0.1) is 0 Å². The predicted molar refractivity (Wildman–Crippen MR) is 66.4 cm³/mol. The molecule has 0 saturated heterocycles. The van der Waals surface area contributed by atoms with Crippen LogP contribution in [0.1, 0.15) is 5.69 Å². The first kappa shape index (κ1) is 10.4. The van der Waals surface area contributed by atoms with E-state index in [4.69, 9.17) is 11.6 Å². The molecule has 3 aromatic heterocycles. The summed E-state index contributed by atoms with van der Waals surface area (Å²) in [5, 5.41) is 10.6. The van der Waals surface area contributed by atoms with Crippen LogP contribution < -0.4 is 0 Å². The van der Waals surface area contributed by atoms with E-state index in [0.717, 1.165) is 4.70 Å².